The first-order valence-electron chi connectivity index (χ1n) is 11.1. The predicted octanol–water partition coefficient (Wildman–Crippen LogP) is 3.32. The Bertz CT molecular complexity index is 1250. The van der Waals surface area contributed by atoms with Crippen molar-refractivity contribution in [2.45, 2.75) is 18.6 Å². The van der Waals surface area contributed by atoms with E-state index in [1.807, 2.05) is 16.7 Å². The second kappa shape index (κ2) is 9.88. The topological polar surface area (TPSA) is 99.0 Å². The number of hydrogen-bond donors (Lipinski definition) is 0. The van der Waals surface area contributed by atoms with Crippen molar-refractivity contribution in [2.75, 3.05) is 44.9 Å². The van der Waals surface area contributed by atoms with E-state index in [4.69, 9.17) is 42.4 Å². The number of amides is 1. The zero-order valence-electron chi connectivity index (χ0n) is 18.9. The average Bonchev–Trinajstić information content (AvgIpc) is 3.56. The van der Waals surface area contributed by atoms with Gasteiger partial charge < -0.3 is 28.6 Å². The Kier molecular flexibility index (Phi) is 6.68. The molecule has 1 aromatic carbocycles. The zero-order valence-corrected chi connectivity index (χ0v) is 20.4. The summed E-state index contributed by atoms with van der Waals surface area (Å²) in [5, 5.41) is 1.44. The molecule has 0 saturated carbocycles. The molecule has 0 radical (unpaired) electrons. The molecule has 0 spiro atoms. The second-order valence-electron chi connectivity index (χ2n) is 8.26. The van der Waals surface area contributed by atoms with E-state index in [-0.39, 0.29) is 13.0 Å². The van der Waals surface area contributed by atoms with E-state index in [1.54, 1.807) is 34.6 Å². The van der Waals surface area contributed by atoms with Crippen LogP contribution in [-0.2, 0) is 19.0 Å². The van der Waals surface area contributed by atoms with E-state index in [0.717, 1.165) is 11.1 Å². The molecule has 0 unspecified atom stereocenters. The number of halogens is 2. The lowest BCUT2D eigenvalue weighted by Crippen LogP contribution is -2.42. The van der Waals surface area contributed by atoms with Crippen LogP contribution in [0.4, 0.5) is 10.6 Å². The molecule has 0 bridgehead atoms. The smallest absolute Gasteiger partial charge is 0.410 e. The SMILES string of the molecule is COC(=O)[C@@H]1C[C@@H](OC(=O)N2CCOCC2)CN1c1cc(-n2ccnc2)c2ccc(Cl)c(Cl)c2n1. The van der Waals surface area contributed by atoms with Crippen LogP contribution in [0.3, 0.4) is 0 Å². The van der Waals surface area contributed by atoms with Crippen molar-refractivity contribution in [1.82, 2.24) is 19.4 Å². The fourth-order valence-electron chi connectivity index (χ4n) is 4.42. The molecule has 5 rings (SSSR count). The number of rotatable bonds is 4. The van der Waals surface area contributed by atoms with Crippen molar-refractivity contribution in [3.8, 4) is 5.69 Å². The number of nitrogens with zero attached hydrogens (tertiary/aromatic N) is 5. The molecular weight excluding hydrogens is 497 g/mol. The van der Waals surface area contributed by atoms with Gasteiger partial charge in [-0.3, -0.25) is 0 Å². The molecule has 12 heteroatoms. The summed E-state index contributed by atoms with van der Waals surface area (Å²) >= 11 is 12.8. The molecule has 2 fully saturated rings. The number of esters is 1. The van der Waals surface area contributed by atoms with Gasteiger partial charge in [0.2, 0.25) is 0 Å². The van der Waals surface area contributed by atoms with Gasteiger partial charge in [-0.05, 0) is 12.1 Å². The van der Waals surface area contributed by atoms with E-state index < -0.39 is 24.2 Å². The van der Waals surface area contributed by atoms with Gasteiger partial charge in [-0.2, -0.15) is 0 Å². The van der Waals surface area contributed by atoms with E-state index in [0.29, 0.717) is 47.7 Å². The van der Waals surface area contributed by atoms with Gasteiger partial charge in [-0.25, -0.2) is 19.6 Å². The maximum Gasteiger partial charge on any atom is 0.410 e. The standard InChI is InChI=1S/C23H23Cl2N5O5/c1-33-22(31)18-10-14(35-23(32)28-6-8-34-9-7-28)12-30(18)19-11-17(29-5-4-26-13-29)15-2-3-16(24)20(25)21(15)27-19/h2-5,11,13-14,18H,6-10,12H2,1H3/t14-,18+/m1/s1. The third-order valence-corrected chi connectivity index (χ3v) is 6.98. The minimum absolute atomic E-state index is 0.260. The number of pyridine rings is 1. The molecular formula is C23H23Cl2N5O5. The van der Waals surface area contributed by atoms with Gasteiger partial charge in [-0.15, -0.1) is 0 Å². The van der Waals surface area contributed by atoms with Gasteiger partial charge in [0, 0.05) is 43.4 Å². The number of carbonyl (C=O) groups is 2. The van der Waals surface area contributed by atoms with Gasteiger partial charge >= 0.3 is 12.1 Å². The zero-order chi connectivity index (χ0) is 24.5. The maximum atomic E-state index is 12.7. The van der Waals surface area contributed by atoms with Crippen molar-refractivity contribution in [2.24, 2.45) is 0 Å². The lowest BCUT2D eigenvalue weighted by atomic mass is 10.1. The summed E-state index contributed by atoms with van der Waals surface area (Å²) in [5.41, 5.74) is 1.25. The molecule has 2 aliphatic rings. The van der Waals surface area contributed by atoms with Gasteiger partial charge in [0.05, 0.1) is 54.4 Å². The van der Waals surface area contributed by atoms with Crippen LogP contribution >= 0.6 is 23.2 Å². The number of carbonyl (C=O) groups excluding carboxylic acids is 2. The molecule has 3 aromatic rings. The van der Waals surface area contributed by atoms with Gasteiger partial charge in [-0.1, -0.05) is 23.2 Å². The van der Waals surface area contributed by atoms with Crippen LogP contribution in [0.1, 0.15) is 6.42 Å². The molecule has 2 saturated heterocycles. The fourth-order valence-corrected chi connectivity index (χ4v) is 4.78. The Balaban J connectivity index is 1.51. The first kappa shape index (κ1) is 23.7. The molecule has 2 aromatic heterocycles. The highest BCUT2D eigenvalue weighted by Crippen LogP contribution is 2.36. The van der Waals surface area contributed by atoms with Crippen LogP contribution in [0.25, 0.3) is 16.6 Å². The third kappa shape index (κ3) is 4.61. The van der Waals surface area contributed by atoms with Gasteiger partial charge in [0.25, 0.3) is 0 Å². The number of ether oxygens (including phenoxy) is 3. The van der Waals surface area contributed by atoms with E-state index in [1.165, 1.54) is 7.11 Å². The van der Waals surface area contributed by atoms with Crippen LogP contribution < -0.4 is 4.90 Å². The monoisotopic (exact) mass is 519 g/mol. The Hall–Kier alpha value is -3.08. The van der Waals surface area contributed by atoms with Crippen LogP contribution in [0, 0.1) is 0 Å². The van der Waals surface area contributed by atoms with Crippen molar-refractivity contribution in [3.05, 3.63) is 47.0 Å². The highest BCUT2D eigenvalue weighted by molar-refractivity contribution is 6.45. The van der Waals surface area contributed by atoms with Crippen LogP contribution in [0.5, 0.6) is 0 Å². The molecule has 4 heterocycles. The number of fused-ring (bicyclic) bond motifs is 1. The Morgan fingerprint density at radius 2 is 2.00 bits per heavy atom. The highest BCUT2D eigenvalue weighted by Gasteiger charge is 2.41. The molecule has 35 heavy (non-hydrogen) atoms. The number of methoxy groups -OCH3 is 1. The number of aromatic nitrogens is 3. The summed E-state index contributed by atoms with van der Waals surface area (Å²) in [4.78, 5) is 37.7. The maximum absolute atomic E-state index is 12.7. The average molecular weight is 520 g/mol. The van der Waals surface area contributed by atoms with E-state index >= 15 is 0 Å². The minimum Gasteiger partial charge on any atom is -0.467 e. The molecule has 184 valence electrons. The van der Waals surface area contributed by atoms with Crippen molar-refractivity contribution >= 4 is 52.0 Å². The molecule has 2 atom stereocenters. The first-order chi connectivity index (χ1) is 17.0. The number of benzene rings is 1. The number of hydrogen-bond acceptors (Lipinski definition) is 8. The highest BCUT2D eigenvalue weighted by atomic mass is 35.5. The van der Waals surface area contributed by atoms with Crippen molar-refractivity contribution in [3.63, 3.8) is 0 Å². The number of morpholine rings is 1. The van der Waals surface area contributed by atoms with Crippen LogP contribution in [-0.4, -0.2) is 83.6 Å². The summed E-state index contributed by atoms with van der Waals surface area (Å²) in [6.45, 7) is 2.14. The summed E-state index contributed by atoms with van der Waals surface area (Å²) < 4.78 is 17.9. The Labute approximate surface area is 211 Å². The lowest BCUT2D eigenvalue weighted by molar-refractivity contribution is -0.142. The van der Waals surface area contributed by atoms with Gasteiger partial charge in [0.15, 0.2) is 0 Å². The summed E-state index contributed by atoms with van der Waals surface area (Å²) in [7, 11) is 1.33. The summed E-state index contributed by atoms with van der Waals surface area (Å²) in [5.74, 6) is 0.0314. The van der Waals surface area contributed by atoms with Gasteiger partial charge in [0.1, 0.15) is 18.0 Å². The van der Waals surface area contributed by atoms with Crippen LogP contribution in [0.15, 0.2) is 36.9 Å². The minimum atomic E-state index is -0.693. The van der Waals surface area contributed by atoms with E-state index in [9.17, 15) is 9.59 Å². The fraction of sp³-hybridized carbons (Fsp3) is 0.391. The lowest BCUT2D eigenvalue weighted by Gasteiger charge is -2.27. The Morgan fingerprint density at radius 1 is 1.20 bits per heavy atom. The molecule has 0 aliphatic carbocycles. The second-order valence-corrected chi connectivity index (χ2v) is 9.04. The quantitative estimate of drug-likeness (QED) is 0.484. The third-order valence-electron chi connectivity index (χ3n) is 6.19. The molecule has 1 amide bonds. The predicted molar refractivity (Wildman–Crippen MR) is 129 cm³/mol. The number of imidazole rings is 1. The largest absolute Gasteiger partial charge is 0.467 e. The van der Waals surface area contributed by atoms with Crippen molar-refractivity contribution < 1.29 is 23.8 Å². The first-order valence-corrected chi connectivity index (χ1v) is 11.9. The van der Waals surface area contributed by atoms with E-state index in [2.05, 4.69) is 4.98 Å². The van der Waals surface area contributed by atoms with Crippen LogP contribution in [0.2, 0.25) is 10.0 Å². The normalized spacial score (nSPS) is 20.3. The number of anilines is 1. The van der Waals surface area contributed by atoms with Crippen molar-refractivity contribution in [1.29, 1.82) is 0 Å². The summed E-state index contributed by atoms with van der Waals surface area (Å²) in [6, 6.07) is 4.70. The molecule has 10 nitrogen and oxygen atoms in total. The molecule has 2 aliphatic heterocycles. The summed E-state index contributed by atoms with van der Waals surface area (Å²) in [6.07, 6.45) is 4.44. The molecule has 0 N–H and O–H groups in total. The Morgan fingerprint density at radius 3 is 2.71 bits per heavy atom.